The number of aryl methyl sites for hydroxylation is 1. The first-order valence-corrected chi connectivity index (χ1v) is 5.38. The van der Waals surface area contributed by atoms with Crippen molar-refractivity contribution >= 4 is 17.2 Å². The minimum Gasteiger partial charge on any atom is -0.497 e. The predicted molar refractivity (Wildman–Crippen MR) is 67.4 cm³/mol. The Bertz CT molecular complexity index is 363. The lowest BCUT2D eigenvalue weighted by Crippen LogP contribution is -2.20. The van der Waals surface area contributed by atoms with Crippen LogP contribution in [0.4, 0.5) is 0 Å². The van der Waals surface area contributed by atoms with Crippen LogP contribution in [0.3, 0.4) is 0 Å². The molecule has 1 rings (SSSR count). The normalized spacial score (nSPS) is 12.2. The molecule has 0 fully saturated rings. The number of benzene rings is 1. The summed E-state index contributed by atoms with van der Waals surface area (Å²) in [6.45, 7) is 4.12. The van der Waals surface area contributed by atoms with Crippen molar-refractivity contribution in [1.82, 2.24) is 0 Å². The van der Waals surface area contributed by atoms with E-state index in [1.54, 1.807) is 7.11 Å². The molecule has 0 aliphatic heterocycles. The van der Waals surface area contributed by atoms with Crippen molar-refractivity contribution in [2.24, 2.45) is 11.7 Å². The molecule has 3 heteroatoms. The second-order valence-electron chi connectivity index (χ2n) is 3.80. The average Bonchev–Trinajstić information content (AvgIpc) is 2.20. The number of thiocarbonyl (C=S) groups is 1. The standard InChI is InChI=1S/C12H17NOS/c1-8-7-11(14-3)5-4-10(8)6-9(2)12(13)15/h4-5,7,9H,6H2,1-3H3,(H2,13,15). The monoisotopic (exact) mass is 223 g/mol. The van der Waals surface area contributed by atoms with Crippen LogP contribution in [-0.4, -0.2) is 12.1 Å². The number of rotatable bonds is 4. The van der Waals surface area contributed by atoms with Crippen molar-refractivity contribution < 1.29 is 4.74 Å². The smallest absolute Gasteiger partial charge is 0.119 e. The number of hydrogen-bond acceptors (Lipinski definition) is 2. The minimum absolute atomic E-state index is 0.243. The molecule has 0 saturated carbocycles. The van der Waals surface area contributed by atoms with Gasteiger partial charge < -0.3 is 10.5 Å². The lowest BCUT2D eigenvalue weighted by molar-refractivity contribution is 0.414. The van der Waals surface area contributed by atoms with Gasteiger partial charge in [-0.05, 0) is 36.6 Å². The molecule has 15 heavy (non-hydrogen) atoms. The first-order chi connectivity index (χ1) is 7.04. The van der Waals surface area contributed by atoms with Crippen LogP contribution in [0, 0.1) is 12.8 Å². The average molecular weight is 223 g/mol. The summed E-state index contributed by atoms with van der Waals surface area (Å²) in [6, 6.07) is 6.07. The number of nitrogens with two attached hydrogens (primary N) is 1. The highest BCUT2D eigenvalue weighted by molar-refractivity contribution is 7.80. The maximum Gasteiger partial charge on any atom is 0.119 e. The third-order valence-corrected chi connectivity index (χ3v) is 2.96. The van der Waals surface area contributed by atoms with Crippen molar-refractivity contribution in [1.29, 1.82) is 0 Å². The molecule has 0 aromatic heterocycles. The van der Waals surface area contributed by atoms with Gasteiger partial charge in [-0.25, -0.2) is 0 Å². The Morgan fingerprint density at radius 1 is 1.53 bits per heavy atom. The summed E-state index contributed by atoms with van der Waals surface area (Å²) in [5, 5.41) is 0. The lowest BCUT2D eigenvalue weighted by atomic mass is 9.97. The van der Waals surface area contributed by atoms with Gasteiger partial charge in [0.1, 0.15) is 5.75 Å². The van der Waals surface area contributed by atoms with Crippen LogP contribution in [0.15, 0.2) is 18.2 Å². The van der Waals surface area contributed by atoms with E-state index < -0.39 is 0 Å². The Kier molecular flexibility index (Phi) is 4.09. The number of hydrogen-bond donors (Lipinski definition) is 1. The summed E-state index contributed by atoms with van der Waals surface area (Å²) in [5.74, 6) is 1.13. The Balaban J connectivity index is 2.82. The van der Waals surface area contributed by atoms with Gasteiger partial charge in [0, 0.05) is 5.92 Å². The van der Waals surface area contributed by atoms with Crippen LogP contribution in [-0.2, 0) is 6.42 Å². The minimum atomic E-state index is 0.243. The van der Waals surface area contributed by atoms with Gasteiger partial charge in [0.05, 0.1) is 12.1 Å². The summed E-state index contributed by atoms with van der Waals surface area (Å²) in [6.07, 6.45) is 0.894. The maximum absolute atomic E-state index is 5.60. The summed E-state index contributed by atoms with van der Waals surface area (Å²) < 4.78 is 5.15. The van der Waals surface area contributed by atoms with E-state index in [9.17, 15) is 0 Å². The van der Waals surface area contributed by atoms with Crippen LogP contribution in [0.5, 0.6) is 5.75 Å². The van der Waals surface area contributed by atoms with Crippen molar-refractivity contribution in [3.63, 3.8) is 0 Å². The third kappa shape index (κ3) is 3.20. The largest absolute Gasteiger partial charge is 0.497 e. The lowest BCUT2D eigenvalue weighted by Gasteiger charge is -2.12. The van der Waals surface area contributed by atoms with E-state index in [0.29, 0.717) is 4.99 Å². The van der Waals surface area contributed by atoms with Crippen LogP contribution < -0.4 is 10.5 Å². The fraction of sp³-hybridized carbons (Fsp3) is 0.417. The van der Waals surface area contributed by atoms with Gasteiger partial charge >= 0.3 is 0 Å². The summed E-state index contributed by atoms with van der Waals surface area (Å²) >= 11 is 4.96. The fourth-order valence-corrected chi connectivity index (χ4v) is 1.54. The molecule has 1 aromatic rings. The maximum atomic E-state index is 5.60. The number of ether oxygens (including phenoxy) is 1. The van der Waals surface area contributed by atoms with Crippen LogP contribution >= 0.6 is 12.2 Å². The molecule has 1 aromatic carbocycles. The quantitative estimate of drug-likeness (QED) is 0.796. The molecule has 0 bridgehead atoms. The van der Waals surface area contributed by atoms with Crippen LogP contribution in [0.1, 0.15) is 18.1 Å². The Morgan fingerprint density at radius 3 is 2.67 bits per heavy atom. The van der Waals surface area contributed by atoms with Crippen LogP contribution in [0.2, 0.25) is 0 Å². The molecule has 0 heterocycles. The van der Waals surface area contributed by atoms with Gasteiger partial charge in [-0.3, -0.25) is 0 Å². The molecule has 2 N–H and O–H groups in total. The fourth-order valence-electron chi connectivity index (χ4n) is 1.45. The highest BCUT2D eigenvalue weighted by atomic mass is 32.1. The van der Waals surface area contributed by atoms with E-state index in [4.69, 9.17) is 22.7 Å². The van der Waals surface area contributed by atoms with E-state index in [-0.39, 0.29) is 5.92 Å². The van der Waals surface area contributed by atoms with Crippen molar-refractivity contribution in [3.05, 3.63) is 29.3 Å². The zero-order valence-electron chi connectivity index (χ0n) is 9.41. The topological polar surface area (TPSA) is 35.2 Å². The van der Waals surface area contributed by atoms with Crippen molar-refractivity contribution in [2.45, 2.75) is 20.3 Å². The highest BCUT2D eigenvalue weighted by Gasteiger charge is 2.08. The zero-order valence-corrected chi connectivity index (χ0v) is 10.2. The molecule has 2 nitrogen and oxygen atoms in total. The van der Waals surface area contributed by atoms with Crippen molar-refractivity contribution in [2.75, 3.05) is 7.11 Å². The Morgan fingerprint density at radius 2 is 2.20 bits per heavy atom. The molecule has 1 unspecified atom stereocenters. The molecule has 0 amide bonds. The van der Waals surface area contributed by atoms with Gasteiger partial charge in [0.15, 0.2) is 0 Å². The van der Waals surface area contributed by atoms with E-state index in [1.165, 1.54) is 11.1 Å². The molecule has 0 saturated heterocycles. The molecule has 1 atom stereocenters. The predicted octanol–water partition coefficient (Wildman–Crippen LogP) is 2.47. The Labute approximate surface area is 96.4 Å². The second-order valence-corrected chi connectivity index (χ2v) is 4.27. The number of methoxy groups -OCH3 is 1. The SMILES string of the molecule is COc1ccc(CC(C)C(N)=S)c(C)c1. The summed E-state index contributed by atoms with van der Waals surface area (Å²) in [7, 11) is 1.67. The van der Waals surface area contributed by atoms with Crippen molar-refractivity contribution in [3.8, 4) is 5.75 Å². The second kappa shape index (κ2) is 5.12. The van der Waals surface area contributed by atoms with E-state index >= 15 is 0 Å². The summed E-state index contributed by atoms with van der Waals surface area (Å²) in [5.41, 5.74) is 8.09. The summed E-state index contributed by atoms with van der Waals surface area (Å²) in [4.78, 5) is 0.574. The van der Waals surface area contributed by atoms with E-state index in [1.807, 2.05) is 19.1 Å². The van der Waals surface area contributed by atoms with E-state index in [2.05, 4.69) is 13.0 Å². The molecular weight excluding hydrogens is 206 g/mol. The first-order valence-electron chi connectivity index (χ1n) is 4.97. The van der Waals surface area contributed by atoms with Gasteiger partial charge in [-0.1, -0.05) is 25.2 Å². The molecule has 0 spiro atoms. The van der Waals surface area contributed by atoms with Gasteiger partial charge in [0.25, 0.3) is 0 Å². The molecule has 0 aliphatic rings. The molecule has 0 radical (unpaired) electrons. The molecule has 0 aliphatic carbocycles. The van der Waals surface area contributed by atoms with Crippen LogP contribution in [0.25, 0.3) is 0 Å². The van der Waals surface area contributed by atoms with Gasteiger partial charge in [0.2, 0.25) is 0 Å². The molecule has 82 valence electrons. The Hall–Kier alpha value is -1.09. The van der Waals surface area contributed by atoms with Gasteiger partial charge in [-0.2, -0.15) is 0 Å². The van der Waals surface area contributed by atoms with Gasteiger partial charge in [-0.15, -0.1) is 0 Å². The first kappa shape index (κ1) is 12.0. The third-order valence-electron chi connectivity index (χ3n) is 2.56. The molecular formula is C12H17NOS. The highest BCUT2D eigenvalue weighted by Crippen LogP contribution is 2.19. The zero-order chi connectivity index (χ0) is 11.4. The van der Waals surface area contributed by atoms with E-state index in [0.717, 1.165) is 12.2 Å².